The summed E-state index contributed by atoms with van der Waals surface area (Å²) in [5, 5.41) is 0.660. The van der Waals surface area contributed by atoms with Crippen molar-refractivity contribution in [3.05, 3.63) is 28.8 Å². The molecule has 1 aromatic carbocycles. The topological polar surface area (TPSA) is 50.5 Å². The largest absolute Gasteiger partial charge is 0.379 e. The van der Waals surface area contributed by atoms with Crippen molar-refractivity contribution in [2.24, 2.45) is 5.84 Å². The number of ether oxygens (including phenoxy) is 1. The maximum Gasteiger partial charge on any atom is 0.0672 e. The number of anilines is 1. The van der Waals surface area contributed by atoms with Gasteiger partial charge in [-0.25, -0.2) is 0 Å². The first-order valence-electron chi connectivity index (χ1n) is 5.35. The Morgan fingerprint density at radius 2 is 1.94 bits per heavy atom. The lowest BCUT2D eigenvalue weighted by Crippen LogP contribution is -2.35. The smallest absolute Gasteiger partial charge is 0.0672 e. The third-order valence-corrected chi connectivity index (χ3v) is 3.01. The van der Waals surface area contributed by atoms with Crippen molar-refractivity contribution in [2.75, 3.05) is 31.7 Å². The van der Waals surface area contributed by atoms with Gasteiger partial charge < -0.3 is 10.2 Å². The Morgan fingerprint density at radius 3 is 2.50 bits per heavy atom. The highest BCUT2D eigenvalue weighted by molar-refractivity contribution is 6.33. The molecule has 104 valence electrons. The lowest BCUT2D eigenvalue weighted by Gasteiger charge is -2.26. The predicted molar refractivity (Wildman–Crippen MR) is 79.9 cm³/mol. The summed E-state index contributed by atoms with van der Waals surface area (Å²) in [6.07, 6.45) is 0. The lowest BCUT2D eigenvalue weighted by atomic mass is 10.2. The summed E-state index contributed by atoms with van der Waals surface area (Å²) in [4.78, 5) is 2.35. The van der Waals surface area contributed by atoms with E-state index in [0.717, 1.165) is 38.5 Å². The number of morpholine rings is 1. The third-order valence-electron chi connectivity index (χ3n) is 2.70. The second-order valence-corrected chi connectivity index (χ2v) is 4.25. The van der Waals surface area contributed by atoms with E-state index in [9.17, 15) is 0 Å². The Labute approximate surface area is 125 Å². The first kappa shape index (κ1) is 17.8. The molecule has 1 aromatic rings. The van der Waals surface area contributed by atoms with Crippen LogP contribution < -0.4 is 11.3 Å². The maximum absolute atomic E-state index is 6.06. The SMILES string of the molecule is Cl.Cl.NNc1ccc(CN2CCOCC2)cc1Cl. The first-order valence-corrected chi connectivity index (χ1v) is 5.72. The fourth-order valence-electron chi connectivity index (χ4n) is 1.79. The van der Waals surface area contributed by atoms with Gasteiger partial charge in [-0.2, -0.15) is 0 Å². The molecule has 0 radical (unpaired) electrons. The number of hydrazine groups is 1. The third kappa shape index (κ3) is 4.80. The van der Waals surface area contributed by atoms with Crippen molar-refractivity contribution in [1.82, 2.24) is 4.90 Å². The molecule has 2 rings (SSSR count). The number of nitrogens with two attached hydrogens (primary N) is 1. The molecule has 1 saturated heterocycles. The molecule has 0 saturated carbocycles. The second kappa shape index (κ2) is 8.80. The van der Waals surface area contributed by atoms with Crippen molar-refractivity contribution in [2.45, 2.75) is 6.54 Å². The molecule has 3 N–H and O–H groups in total. The van der Waals surface area contributed by atoms with Crippen LogP contribution in [-0.4, -0.2) is 31.2 Å². The minimum Gasteiger partial charge on any atom is -0.379 e. The second-order valence-electron chi connectivity index (χ2n) is 3.85. The zero-order chi connectivity index (χ0) is 11.4. The number of rotatable bonds is 3. The molecule has 0 aliphatic carbocycles. The zero-order valence-electron chi connectivity index (χ0n) is 9.89. The van der Waals surface area contributed by atoms with E-state index in [0.29, 0.717) is 5.02 Å². The van der Waals surface area contributed by atoms with Crippen LogP contribution in [0.5, 0.6) is 0 Å². The summed E-state index contributed by atoms with van der Waals surface area (Å²) in [5.74, 6) is 5.32. The van der Waals surface area contributed by atoms with E-state index in [1.54, 1.807) is 0 Å². The van der Waals surface area contributed by atoms with Crippen LogP contribution in [0.15, 0.2) is 18.2 Å². The first-order chi connectivity index (χ1) is 7.79. The van der Waals surface area contributed by atoms with Crippen LogP contribution in [0, 0.1) is 0 Å². The van der Waals surface area contributed by atoms with Crippen LogP contribution in [0.1, 0.15) is 5.56 Å². The number of halogens is 3. The molecule has 7 heteroatoms. The molecule has 0 unspecified atom stereocenters. The van der Waals surface area contributed by atoms with Crippen LogP contribution in [0.3, 0.4) is 0 Å². The maximum atomic E-state index is 6.06. The van der Waals surface area contributed by atoms with Crippen LogP contribution in [0.2, 0.25) is 5.02 Å². The fraction of sp³-hybridized carbons (Fsp3) is 0.455. The van der Waals surface area contributed by atoms with Crippen molar-refractivity contribution < 1.29 is 4.74 Å². The molecule has 1 aliphatic heterocycles. The van der Waals surface area contributed by atoms with E-state index in [1.165, 1.54) is 5.56 Å². The summed E-state index contributed by atoms with van der Waals surface area (Å²) in [5.41, 5.74) is 4.52. The van der Waals surface area contributed by atoms with Crippen molar-refractivity contribution in [3.63, 3.8) is 0 Å². The minimum absolute atomic E-state index is 0. The highest BCUT2D eigenvalue weighted by Crippen LogP contribution is 2.22. The van der Waals surface area contributed by atoms with E-state index in [1.807, 2.05) is 18.2 Å². The molecule has 0 spiro atoms. The molecule has 0 atom stereocenters. The van der Waals surface area contributed by atoms with Gasteiger partial charge in [-0.1, -0.05) is 17.7 Å². The van der Waals surface area contributed by atoms with E-state index in [2.05, 4.69) is 10.3 Å². The molecular weight excluding hydrogens is 296 g/mol. The Hall–Kier alpha value is -0.230. The standard InChI is InChI=1S/C11H16ClN3O.2ClH/c12-10-7-9(1-2-11(10)14-13)8-15-3-5-16-6-4-15;;/h1-2,7,14H,3-6,8,13H2;2*1H. The van der Waals surface area contributed by atoms with Gasteiger partial charge in [0.2, 0.25) is 0 Å². The van der Waals surface area contributed by atoms with Crippen molar-refractivity contribution in [3.8, 4) is 0 Å². The van der Waals surface area contributed by atoms with Crippen molar-refractivity contribution in [1.29, 1.82) is 0 Å². The van der Waals surface area contributed by atoms with Gasteiger partial charge in [-0.15, -0.1) is 24.8 Å². The van der Waals surface area contributed by atoms with Gasteiger partial charge in [0, 0.05) is 19.6 Å². The number of nitrogens with zero attached hydrogens (tertiary/aromatic N) is 1. The van der Waals surface area contributed by atoms with E-state index in [4.69, 9.17) is 22.2 Å². The normalized spacial score (nSPS) is 15.4. The Bertz CT molecular complexity index is 359. The minimum atomic E-state index is 0. The van der Waals surface area contributed by atoms with Gasteiger partial charge in [0.05, 0.1) is 23.9 Å². The van der Waals surface area contributed by atoms with E-state index >= 15 is 0 Å². The van der Waals surface area contributed by atoms with Crippen LogP contribution in [-0.2, 0) is 11.3 Å². The van der Waals surface area contributed by atoms with Gasteiger partial charge in [0.15, 0.2) is 0 Å². The van der Waals surface area contributed by atoms with E-state index < -0.39 is 0 Å². The molecule has 4 nitrogen and oxygen atoms in total. The van der Waals surface area contributed by atoms with E-state index in [-0.39, 0.29) is 24.8 Å². The average molecular weight is 315 g/mol. The molecule has 0 bridgehead atoms. The highest BCUT2D eigenvalue weighted by Gasteiger charge is 2.11. The molecule has 18 heavy (non-hydrogen) atoms. The predicted octanol–water partition coefficient (Wildman–Crippen LogP) is 2.30. The number of benzene rings is 1. The Balaban J connectivity index is 0.00000144. The summed E-state index contributed by atoms with van der Waals surface area (Å²) in [6, 6.07) is 5.89. The Kier molecular flexibility index (Phi) is 8.69. The average Bonchev–Trinajstić information content (AvgIpc) is 2.31. The number of nitrogens with one attached hydrogen (secondary N) is 1. The summed E-state index contributed by atoms with van der Waals surface area (Å²) < 4.78 is 5.30. The lowest BCUT2D eigenvalue weighted by molar-refractivity contribution is 0.0342. The summed E-state index contributed by atoms with van der Waals surface area (Å²) >= 11 is 6.06. The van der Waals surface area contributed by atoms with Gasteiger partial charge in [-0.3, -0.25) is 10.7 Å². The van der Waals surface area contributed by atoms with Gasteiger partial charge >= 0.3 is 0 Å². The van der Waals surface area contributed by atoms with Crippen molar-refractivity contribution >= 4 is 42.1 Å². The van der Waals surface area contributed by atoms with Gasteiger partial charge in [0.1, 0.15) is 0 Å². The fourth-order valence-corrected chi connectivity index (χ4v) is 2.05. The van der Waals surface area contributed by atoms with Crippen LogP contribution in [0.25, 0.3) is 0 Å². The Morgan fingerprint density at radius 1 is 1.28 bits per heavy atom. The highest BCUT2D eigenvalue weighted by atomic mass is 35.5. The summed E-state index contributed by atoms with van der Waals surface area (Å²) in [6.45, 7) is 4.50. The molecular formula is C11H18Cl3N3O. The molecule has 0 amide bonds. The van der Waals surface area contributed by atoms with Crippen LogP contribution in [0.4, 0.5) is 5.69 Å². The monoisotopic (exact) mass is 313 g/mol. The molecule has 1 aliphatic rings. The number of nitrogen functional groups attached to an aromatic ring is 1. The molecule has 0 aromatic heterocycles. The van der Waals surface area contributed by atoms with Crippen LogP contribution >= 0.6 is 36.4 Å². The van der Waals surface area contributed by atoms with Gasteiger partial charge in [0.25, 0.3) is 0 Å². The molecule has 1 heterocycles. The van der Waals surface area contributed by atoms with Gasteiger partial charge in [-0.05, 0) is 17.7 Å². The zero-order valence-corrected chi connectivity index (χ0v) is 12.3. The molecule has 1 fully saturated rings. The quantitative estimate of drug-likeness (QED) is 0.664. The summed E-state index contributed by atoms with van der Waals surface area (Å²) in [7, 11) is 0. The number of hydrogen-bond acceptors (Lipinski definition) is 4. The number of hydrogen-bond donors (Lipinski definition) is 2.